The molecule has 4 nitrogen and oxygen atoms in total. The molecule has 0 saturated heterocycles. The molecule has 2 aromatic carbocycles. The number of hydrogen-bond donors (Lipinski definition) is 1. The zero-order chi connectivity index (χ0) is 15.3. The SMILES string of the molecule is COc1ccc2[nH]c3c(Br)c(OC)c4ncccc4c3c2c1. The summed E-state index contributed by atoms with van der Waals surface area (Å²) in [6, 6.07) is 10.0. The molecule has 0 amide bonds. The first-order valence-electron chi connectivity index (χ1n) is 6.84. The highest BCUT2D eigenvalue weighted by atomic mass is 79.9. The average molecular weight is 357 g/mol. The molecule has 0 spiro atoms. The average Bonchev–Trinajstić information content (AvgIpc) is 2.94. The van der Waals surface area contributed by atoms with Crippen molar-refractivity contribution in [2.45, 2.75) is 0 Å². The summed E-state index contributed by atoms with van der Waals surface area (Å²) in [7, 11) is 3.33. The van der Waals surface area contributed by atoms with Crippen LogP contribution in [0.4, 0.5) is 0 Å². The zero-order valence-corrected chi connectivity index (χ0v) is 13.7. The van der Waals surface area contributed by atoms with Crippen LogP contribution in [0.5, 0.6) is 11.5 Å². The zero-order valence-electron chi connectivity index (χ0n) is 12.1. The van der Waals surface area contributed by atoms with Gasteiger partial charge in [0.25, 0.3) is 0 Å². The number of nitrogens with one attached hydrogen (secondary N) is 1. The van der Waals surface area contributed by atoms with Crippen LogP contribution in [0, 0.1) is 0 Å². The van der Waals surface area contributed by atoms with E-state index in [-0.39, 0.29) is 0 Å². The number of H-pyrrole nitrogens is 1. The molecule has 2 aromatic heterocycles. The number of benzene rings is 2. The molecule has 0 aliphatic carbocycles. The Morgan fingerprint density at radius 2 is 1.95 bits per heavy atom. The van der Waals surface area contributed by atoms with Crippen LogP contribution < -0.4 is 9.47 Å². The summed E-state index contributed by atoms with van der Waals surface area (Å²) in [6.07, 6.45) is 1.78. The Morgan fingerprint density at radius 3 is 2.73 bits per heavy atom. The summed E-state index contributed by atoms with van der Waals surface area (Å²) in [5, 5.41) is 3.28. The molecule has 4 rings (SSSR count). The van der Waals surface area contributed by atoms with Crippen LogP contribution >= 0.6 is 15.9 Å². The van der Waals surface area contributed by atoms with Gasteiger partial charge in [0.1, 0.15) is 11.3 Å². The van der Waals surface area contributed by atoms with Crippen molar-refractivity contribution in [1.29, 1.82) is 0 Å². The number of rotatable bonds is 2. The van der Waals surface area contributed by atoms with Crippen molar-refractivity contribution in [3.8, 4) is 11.5 Å². The minimum absolute atomic E-state index is 0.738. The van der Waals surface area contributed by atoms with Gasteiger partial charge in [-0.2, -0.15) is 0 Å². The van der Waals surface area contributed by atoms with Crippen LogP contribution in [0.25, 0.3) is 32.7 Å². The Labute approximate surface area is 135 Å². The first-order valence-corrected chi connectivity index (χ1v) is 7.63. The lowest BCUT2D eigenvalue weighted by Crippen LogP contribution is -1.90. The van der Waals surface area contributed by atoms with Gasteiger partial charge in [-0.25, -0.2) is 0 Å². The van der Waals surface area contributed by atoms with E-state index in [0.29, 0.717) is 0 Å². The summed E-state index contributed by atoms with van der Waals surface area (Å²) in [5.41, 5.74) is 2.89. The monoisotopic (exact) mass is 356 g/mol. The third-order valence-corrected chi connectivity index (χ3v) is 4.68. The number of ether oxygens (including phenoxy) is 2. The lowest BCUT2D eigenvalue weighted by atomic mass is 10.1. The Balaban J connectivity index is 2.30. The van der Waals surface area contributed by atoms with E-state index in [1.54, 1.807) is 20.4 Å². The van der Waals surface area contributed by atoms with E-state index in [4.69, 9.17) is 9.47 Å². The van der Waals surface area contributed by atoms with Gasteiger partial charge in [-0.05, 0) is 40.2 Å². The predicted molar refractivity (Wildman–Crippen MR) is 91.9 cm³/mol. The fraction of sp³-hybridized carbons (Fsp3) is 0.118. The molecule has 0 unspecified atom stereocenters. The van der Waals surface area contributed by atoms with Gasteiger partial charge >= 0.3 is 0 Å². The highest BCUT2D eigenvalue weighted by Gasteiger charge is 2.18. The van der Waals surface area contributed by atoms with Crippen LogP contribution in [0.3, 0.4) is 0 Å². The summed E-state index contributed by atoms with van der Waals surface area (Å²) in [4.78, 5) is 7.95. The third kappa shape index (κ3) is 1.72. The van der Waals surface area contributed by atoms with Crippen molar-refractivity contribution in [1.82, 2.24) is 9.97 Å². The number of halogens is 1. The van der Waals surface area contributed by atoms with E-state index in [9.17, 15) is 0 Å². The van der Waals surface area contributed by atoms with Crippen molar-refractivity contribution in [3.05, 3.63) is 41.0 Å². The normalized spacial score (nSPS) is 11.4. The highest BCUT2D eigenvalue weighted by Crippen LogP contribution is 2.43. The molecule has 0 bridgehead atoms. The van der Waals surface area contributed by atoms with Gasteiger partial charge in [0, 0.05) is 27.9 Å². The van der Waals surface area contributed by atoms with Crippen LogP contribution in [0.15, 0.2) is 41.0 Å². The molecule has 0 aliphatic rings. The van der Waals surface area contributed by atoms with Gasteiger partial charge in [-0.3, -0.25) is 4.98 Å². The third-order valence-electron chi connectivity index (χ3n) is 3.92. The minimum Gasteiger partial charge on any atom is -0.497 e. The van der Waals surface area contributed by atoms with E-state index in [2.05, 4.69) is 32.0 Å². The van der Waals surface area contributed by atoms with Crippen molar-refractivity contribution < 1.29 is 9.47 Å². The number of pyridine rings is 1. The van der Waals surface area contributed by atoms with E-state index >= 15 is 0 Å². The van der Waals surface area contributed by atoms with Crippen molar-refractivity contribution in [3.63, 3.8) is 0 Å². The molecule has 2 heterocycles. The topological polar surface area (TPSA) is 47.1 Å². The van der Waals surface area contributed by atoms with E-state index in [1.165, 1.54) is 0 Å². The van der Waals surface area contributed by atoms with Crippen molar-refractivity contribution >= 4 is 48.6 Å². The second-order valence-electron chi connectivity index (χ2n) is 5.03. The number of aromatic nitrogens is 2. The van der Waals surface area contributed by atoms with Gasteiger partial charge in [0.2, 0.25) is 0 Å². The van der Waals surface area contributed by atoms with E-state index in [0.717, 1.165) is 48.7 Å². The van der Waals surface area contributed by atoms with Crippen LogP contribution in [0.2, 0.25) is 0 Å². The van der Waals surface area contributed by atoms with Gasteiger partial charge < -0.3 is 14.5 Å². The Hall–Kier alpha value is -2.27. The van der Waals surface area contributed by atoms with Gasteiger partial charge in [0.05, 0.1) is 24.2 Å². The summed E-state index contributed by atoms with van der Waals surface area (Å²) in [5.74, 6) is 1.57. The van der Waals surface area contributed by atoms with Gasteiger partial charge in [-0.15, -0.1) is 0 Å². The Kier molecular flexibility index (Phi) is 2.97. The molecule has 5 heteroatoms. The molecule has 0 saturated carbocycles. The molecule has 1 N–H and O–H groups in total. The molecular formula is C17H13BrN2O2. The smallest absolute Gasteiger partial charge is 0.161 e. The Morgan fingerprint density at radius 1 is 1.09 bits per heavy atom. The highest BCUT2D eigenvalue weighted by molar-refractivity contribution is 9.10. The molecule has 4 aromatic rings. The van der Waals surface area contributed by atoms with Crippen LogP contribution in [-0.2, 0) is 0 Å². The molecule has 0 fully saturated rings. The Bertz CT molecular complexity index is 1020. The standard InChI is InChI=1S/C17H13BrN2O2/c1-21-9-5-6-12-11(8-9)13-10-4-3-7-19-15(10)17(22-2)14(18)16(13)20-12/h3-8,20H,1-2H3. The second-order valence-corrected chi connectivity index (χ2v) is 5.83. The van der Waals surface area contributed by atoms with E-state index < -0.39 is 0 Å². The lowest BCUT2D eigenvalue weighted by Gasteiger charge is -2.09. The number of hydrogen-bond acceptors (Lipinski definition) is 3. The van der Waals surface area contributed by atoms with Gasteiger partial charge in [0.15, 0.2) is 5.75 Å². The quantitative estimate of drug-likeness (QED) is 0.568. The van der Waals surface area contributed by atoms with Gasteiger partial charge in [-0.1, -0.05) is 6.07 Å². The second kappa shape index (κ2) is 4.88. The summed E-state index contributed by atoms with van der Waals surface area (Å²) < 4.78 is 11.8. The van der Waals surface area contributed by atoms with Crippen LogP contribution in [-0.4, -0.2) is 24.2 Å². The number of aromatic amines is 1. The molecule has 110 valence electrons. The van der Waals surface area contributed by atoms with E-state index in [1.807, 2.05) is 24.3 Å². The number of methoxy groups -OCH3 is 2. The first kappa shape index (κ1) is 13.4. The molecule has 0 radical (unpaired) electrons. The van der Waals surface area contributed by atoms with Crippen molar-refractivity contribution in [2.75, 3.05) is 14.2 Å². The lowest BCUT2D eigenvalue weighted by molar-refractivity contribution is 0.415. The summed E-state index contributed by atoms with van der Waals surface area (Å²) >= 11 is 3.65. The van der Waals surface area contributed by atoms with Crippen molar-refractivity contribution in [2.24, 2.45) is 0 Å². The molecule has 0 aliphatic heterocycles. The maximum Gasteiger partial charge on any atom is 0.161 e. The molecule has 0 atom stereocenters. The number of fused-ring (bicyclic) bond motifs is 5. The molecule has 22 heavy (non-hydrogen) atoms. The molecular weight excluding hydrogens is 344 g/mol. The maximum atomic E-state index is 5.55. The largest absolute Gasteiger partial charge is 0.497 e. The number of nitrogens with zero attached hydrogens (tertiary/aromatic N) is 1. The fourth-order valence-corrected chi connectivity index (χ4v) is 3.58. The first-order chi connectivity index (χ1) is 10.7. The summed E-state index contributed by atoms with van der Waals surface area (Å²) in [6.45, 7) is 0. The minimum atomic E-state index is 0.738. The van der Waals surface area contributed by atoms with Crippen LogP contribution in [0.1, 0.15) is 0 Å². The fourth-order valence-electron chi connectivity index (χ4n) is 2.93. The maximum absolute atomic E-state index is 5.55. The predicted octanol–water partition coefficient (Wildman–Crippen LogP) is 4.65.